The number of halogens is 3. The number of nitrogens with one attached hydrogen (secondary N) is 1. The summed E-state index contributed by atoms with van der Waals surface area (Å²) >= 11 is 0.461. The lowest BCUT2D eigenvalue weighted by Gasteiger charge is -2.17. The highest BCUT2D eigenvalue weighted by Gasteiger charge is 2.31. The van der Waals surface area contributed by atoms with Gasteiger partial charge in [-0.3, -0.25) is 4.79 Å². The lowest BCUT2D eigenvalue weighted by Crippen LogP contribution is -2.30. The Balaban J connectivity index is 2.94. The van der Waals surface area contributed by atoms with E-state index in [9.17, 15) is 26.4 Å². The van der Waals surface area contributed by atoms with Crippen molar-refractivity contribution in [1.82, 2.24) is 9.29 Å². The highest BCUT2D eigenvalue weighted by Crippen LogP contribution is 2.23. The highest BCUT2D eigenvalue weighted by atomic mass is 32.2. The Labute approximate surface area is 105 Å². The van der Waals surface area contributed by atoms with Crippen LogP contribution >= 0.6 is 11.3 Å². The summed E-state index contributed by atoms with van der Waals surface area (Å²) in [6, 6.07) is 0. The molecule has 0 aliphatic heterocycles. The van der Waals surface area contributed by atoms with Crippen molar-refractivity contribution in [3.05, 3.63) is 15.4 Å². The number of sulfonamides is 1. The van der Waals surface area contributed by atoms with Crippen LogP contribution in [0.15, 0.2) is 9.00 Å². The van der Waals surface area contributed by atoms with Crippen molar-refractivity contribution in [2.45, 2.75) is 23.7 Å². The fraction of sp³-hybridized carbons (Fsp3) is 0.625. The largest absolute Gasteiger partial charge is 0.390 e. The molecule has 5 nitrogen and oxygen atoms in total. The maximum Gasteiger partial charge on any atom is 0.390 e. The van der Waals surface area contributed by atoms with Gasteiger partial charge in [0.15, 0.2) is 4.21 Å². The van der Waals surface area contributed by atoms with E-state index in [1.165, 1.54) is 6.92 Å². The van der Waals surface area contributed by atoms with Crippen LogP contribution in [0.4, 0.5) is 13.2 Å². The number of alkyl halides is 3. The fourth-order valence-corrected chi connectivity index (χ4v) is 3.84. The first-order chi connectivity index (χ1) is 8.04. The van der Waals surface area contributed by atoms with Crippen LogP contribution in [-0.2, 0) is 10.0 Å². The third kappa shape index (κ3) is 3.56. The number of rotatable bonds is 4. The molecule has 1 aromatic heterocycles. The van der Waals surface area contributed by atoms with Crippen molar-refractivity contribution in [2.24, 2.45) is 0 Å². The van der Waals surface area contributed by atoms with Gasteiger partial charge in [0, 0.05) is 19.3 Å². The number of thiazole rings is 1. The van der Waals surface area contributed by atoms with Crippen molar-refractivity contribution in [2.75, 3.05) is 13.6 Å². The van der Waals surface area contributed by atoms with Gasteiger partial charge in [-0.15, -0.1) is 0 Å². The smallest absolute Gasteiger partial charge is 0.315 e. The topological polar surface area (TPSA) is 70.2 Å². The van der Waals surface area contributed by atoms with E-state index in [2.05, 4.69) is 4.98 Å². The molecule has 1 N–H and O–H groups in total. The molecule has 0 bridgehead atoms. The van der Waals surface area contributed by atoms with Crippen molar-refractivity contribution in [3.8, 4) is 0 Å². The molecule has 0 aliphatic rings. The van der Waals surface area contributed by atoms with E-state index in [-0.39, 0.29) is 9.90 Å². The first-order valence-electron chi connectivity index (χ1n) is 4.77. The van der Waals surface area contributed by atoms with Crippen LogP contribution in [0.3, 0.4) is 0 Å². The van der Waals surface area contributed by atoms with Crippen LogP contribution in [-0.4, -0.2) is 37.5 Å². The molecule has 0 aliphatic carbocycles. The van der Waals surface area contributed by atoms with Gasteiger partial charge in [-0.25, -0.2) is 8.42 Å². The second-order valence-corrected chi connectivity index (χ2v) is 6.84. The predicted octanol–water partition coefficient (Wildman–Crippen LogP) is 1.32. The predicted molar refractivity (Wildman–Crippen MR) is 60.2 cm³/mol. The summed E-state index contributed by atoms with van der Waals surface area (Å²) in [7, 11) is -3.00. The van der Waals surface area contributed by atoms with Gasteiger partial charge in [-0.1, -0.05) is 11.3 Å². The Hall–Kier alpha value is -0.870. The molecule has 0 saturated heterocycles. The molecule has 18 heavy (non-hydrogen) atoms. The van der Waals surface area contributed by atoms with Crippen molar-refractivity contribution in [3.63, 3.8) is 0 Å². The van der Waals surface area contributed by atoms with Gasteiger partial charge in [0.05, 0.1) is 6.42 Å². The number of aryl methyl sites for hydroxylation is 1. The van der Waals surface area contributed by atoms with Gasteiger partial charge in [-0.05, 0) is 6.92 Å². The third-order valence-corrected chi connectivity index (χ3v) is 5.57. The van der Waals surface area contributed by atoms with E-state index in [0.29, 0.717) is 15.6 Å². The van der Waals surface area contributed by atoms with Gasteiger partial charge in [0.1, 0.15) is 0 Å². The minimum Gasteiger partial charge on any atom is -0.315 e. The highest BCUT2D eigenvalue weighted by molar-refractivity contribution is 7.91. The molecule has 0 amide bonds. The molecule has 0 radical (unpaired) electrons. The molecule has 1 rings (SSSR count). The summed E-state index contributed by atoms with van der Waals surface area (Å²) in [6.07, 6.45) is -5.66. The van der Waals surface area contributed by atoms with E-state index in [1.807, 2.05) is 0 Å². The van der Waals surface area contributed by atoms with E-state index in [1.54, 1.807) is 0 Å². The van der Waals surface area contributed by atoms with Crippen LogP contribution in [0.2, 0.25) is 0 Å². The average molecular weight is 304 g/mol. The van der Waals surface area contributed by atoms with E-state index < -0.39 is 34.0 Å². The molecular formula is C8H11F3N2O3S2. The molecule has 0 fully saturated rings. The van der Waals surface area contributed by atoms with Crippen LogP contribution in [0.5, 0.6) is 0 Å². The Kier molecular flexibility index (Phi) is 4.23. The summed E-state index contributed by atoms with van der Waals surface area (Å²) < 4.78 is 60.2. The summed E-state index contributed by atoms with van der Waals surface area (Å²) in [5.41, 5.74) is 0.129. The van der Waals surface area contributed by atoms with Crippen molar-refractivity contribution < 1.29 is 21.6 Å². The van der Waals surface area contributed by atoms with Gasteiger partial charge < -0.3 is 4.98 Å². The first kappa shape index (κ1) is 15.2. The van der Waals surface area contributed by atoms with Crippen LogP contribution in [0.25, 0.3) is 0 Å². The summed E-state index contributed by atoms with van der Waals surface area (Å²) in [5.74, 6) is 0. The Morgan fingerprint density at radius 2 is 1.94 bits per heavy atom. The van der Waals surface area contributed by atoms with E-state index >= 15 is 0 Å². The van der Waals surface area contributed by atoms with Gasteiger partial charge in [0.25, 0.3) is 10.0 Å². The molecular weight excluding hydrogens is 293 g/mol. The minimum absolute atomic E-state index is 0.129. The number of aromatic nitrogens is 1. The van der Waals surface area contributed by atoms with Gasteiger partial charge in [-0.2, -0.15) is 17.5 Å². The molecule has 0 atom stereocenters. The minimum atomic E-state index is -4.43. The van der Waals surface area contributed by atoms with Crippen molar-refractivity contribution in [1.29, 1.82) is 0 Å². The van der Waals surface area contributed by atoms with Gasteiger partial charge >= 0.3 is 11.0 Å². The summed E-state index contributed by atoms with van der Waals surface area (Å²) in [4.78, 5) is 12.7. The Bertz CT molecular complexity index is 573. The zero-order valence-electron chi connectivity index (χ0n) is 9.54. The molecule has 1 heterocycles. The SMILES string of the molecule is Cc1[nH]c(=O)sc1S(=O)(=O)N(C)CCC(F)(F)F. The average Bonchev–Trinajstić information content (AvgIpc) is 2.53. The first-order valence-corrected chi connectivity index (χ1v) is 7.02. The Morgan fingerprint density at radius 1 is 1.39 bits per heavy atom. The zero-order valence-corrected chi connectivity index (χ0v) is 11.2. The molecule has 0 unspecified atom stereocenters. The maximum atomic E-state index is 12.0. The van der Waals surface area contributed by atoms with E-state index in [4.69, 9.17) is 0 Å². The second-order valence-electron chi connectivity index (χ2n) is 3.62. The van der Waals surface area contributed by atoms with Gasteiger partial charge in [0.2, 0.25) is 0 Å². The molecule has 0 aromatic carbocycles. The standard InChI is InChI=1S/C8H11F3N2O3S2/c1-5-6(17-7(14)12-5)18(15,16)13(2)4-3-8(9,10)11/h3-4H2,1-2H3,(H,12,14). The molecule has 1 aromatic rings. The number of hydrogen-bond acceptors (Lipinski definition) is 4. The monoisotopic (exact) mass is 304 g/mol. The van der Waals surface area contributed by atoms with Crippen LogP contribution < -0.4 is 4.87 Å². The quantitative estimate of drug-likeness (QED) is 0.912. The fourth-order valence-electron chi connectivity index (χ4n) is 1.18. The second kappa shape index (κ2) is 5.02. The normalized spacial score (nSPS) is 13.2. The molecule has 0 spiro atoms. The summed E-state index contributed by atoms with van der Waals surface area (Å²) in [5, 5.41) is 0. The number of H-pyrrole nitrogens is 1. The van der Waals surface area contributed by atoms with Crippen LogP contribution in [0, 0.1) is 6.92 Å². The number of hydrogen-bond donors (Lipinski definition) is 1. The zero-order chi connectivity index (χ0) is 14.1. The lowest BCUT2D eigenvalue weighted by atomic mass is 10.4. The molecule has 0 saturated carbocycles. The Morgan fingerprint density at radius 3 is 2.33 bits per heavy atom. The molecule has 10 heteroatoms. The van der Waals surface area contributed by atoms with Crippen LogP contribution in [0.1, 0.15) is 12.1 Å². The number of aromatic amines is 1. The lowest BCUT2D eigenvalue weighted by molar-refractivity contribution is -0.135. The summed E-state index contributed by atoms with van der Waals surface area (Å²) in [6.45, 7) is 0.694. The maximum absolute atomic E-state index is 12.0. The number of nitrogens with zero attached hydrogens (tertiary/aromatic N) is 1. The molecule has 104 valence electrons. The van der Waals surface area contributed by atoms with E-state index in [0.717, 1.165) is 7.05 Å². The van der Waals surface area contributed by atoms with Crippen molar-refractivity contribution >= 4 is 21.4 Å². The third-order valence-electron chi connectivity index (χ3n) is 2.14.